The van der Waals surface area contributed by atoms with Crippen molar-refractivity contribution in [1.82, 2.24) is 9.21 Å². The van der Waals surface area contributed by atoms with Crippen LogP contribution in [0.3, 0.4) is 0 Å². The second kappa shape index (κ2) is 7.53. The third-order valence-corrected chi connectivity index (χ3v) is 8.53. The SMILES string of the molecule is CN(C1CCCN(CC(=O)N2CCCc3ccccc32)C1)S(=O)(=O)C1CC1. The highest BCUT2D eigenvalue weighted by Gasteiger charge is 2.42. The van der Waals surface area contributed by atoms with Crippen molar-refractivity contribution in [3.8, 4) is 0 Å². The van der Waals surface area contributed by atoms with Gasteiger partial charge in [0.1, 0.15) is 0 Å². The zero-order valence-corrected chi connectivity index (χ0v) is 16.8. The Morgan fingerprint density at radius 2 is 1.93 bits per heavy atom. The van der Waals surface area contributed by atoms with Gasteiger partial charge in [-0.15, -0.1) is 0 Å². The molecule has 2 heterocycles. The number of likely N-dealkylation sites (tertiary alicyclic amines) is 1. The van der Waals surface area contributed by atoms with Crippen LogP contribution in [0.15, 0.2) is 24.3 Å². The Hall–Kier alpha value is -1.44. The summed E-state index contributed by atoms with van der Waals surface area (Å²) in [5, 5.41) is -0.177. The highest BCUT2D eigenvalue weighted by Crippen LogP contribution is 2.32. The predicted molar refractivity (Wildman–Crippen MR) is 106 cm³/mol. The number of likely N-dealkylation sites (N-methyl/N-ethyl adjacent to an activating group) is 1. The number of amides is 1. The van der Waals surface area contributed by atoms with Crippen molar-refractivity contribution in [1.29, 1.82) is 0 Å². The number of hydrogen-bond donors (Lipinski definition) is 0. The molecule has 2 fully saturated rings. The predicted octanol–water partition coefficient (Wildman–Crippen LogP) is 1.85. The molecule has 1 saturated carbocycles. The van der Waals surface area contributed by atoms with Crippen molar-refractivity contribution in [3.05, 3.63) is 29.8 Å². The van der Waals surface area contributed by atoms with Crippen LogP contribution in [0.1, 0.15) is 37.7 Å². The van der Waals surface area contributed by atoms with Crippen LogP contribution < -0.4 is 4.90 Å². The minimum absolute atomic E-state index is 0.0224. The number of benzene rings is 1. The number of carbonyl (C=O) groups excluding carboxylic acids is 1. The first-order valence-electron chi connectivity index (χ1n) is 10.0. The van der Waals surface area contributed by atoms with Crippen molar-refractivity contribution in [2.75, 3.05) is 38.1 Å². The molecule has 1 aromatic carbocycles. The van der Waals surface area contributed by atoms with Crippen LogP contribution in [0.5, 0.6) is 0 Å². The molecule has 0 aromatic heterocycles. The monoisotopic (exact) mass is 391 g/mol. The molecule has 7 heteroatoms. The number of anilines is 1. The van der Waals surface area contributed by atoms with Gasteiger partial charge in [-0.3, -0.25) is 9.69 Å². The van der Waals surface area contributed by atoms with Crippen LogP contribution in [0.2, 0.25) is 0 Å². The summed E-state index contributed by atoms with van der Waals surface area (Å²) < 4.78 is 26.7. The van der Waals surface area contributed by atoms with E-state index in [-0.39, 0.29) is 17.2 Å². The van der Waals surface area contributed by atoms with Crippen molar-refractivity contribution < 1.29 is 13.2 Å². The number of hydrogen-bond acceptors (Lipinski definition) is 4. The highest BCUT2D eigenvalue weighted by atomic mass is 32.2. The molecule has 0 N–H and O–H groups in total. The second-order valence-corrected chi connectivity index (χ2v) is 10.3. The zero-order chi connectivity index (χ0) is 19.0. The van der Waals surface area contributed by atoms with E-state index in [0.717, 1.165) is 57.3 Å². The fraction of sp³-hybridized carbons (Fsp3) is 0.650. The first kappa shape index (κ1) is 18.9. The van der Waals surface area contributed by atoms with E-state index in [1.807, 2.05) is 23.1 Å². The zero-order valence-electron chi connectivity index (χ0n) is 16.0. The van der Waals surface area contributed by atoms with Gasteiger partial charge < -0.3 is 4.90 Å². The second-order valence-electron chi connectivity index (χ2n) is 8.07. The molecule has 1 saturated heterocycles. The number of para-hydroxylation sites is 1. The molecule has 0 spiro atoms. The molecule has 0 bridgehead atoms. The summed E-state index contributed by atoms with van der Waals surface area (Å²) in [7, 11) is -1.45. The van der Waals surface area contributed by atoms with E-state index in [4.69, 9.17) is 0 Å². The van der Waals surface area contributed by atoms with Crippen molar-refractivity contribution in [2.24, 2.45) is 0 Å². The molecular weight excluding hydrogens is 362 g/mol. The van der Waals surface area contributed by atoms with Crippen LogP contribution in [0.4, 0.5) is 5.69 Å². The van der Waals surface area contributed by atoms with E-state index in [2.05, 4.69) is 11.0 Å². The average Bonchev–Trinajstić information content (AvgIpc) is 3.53. The Bertz CT molecular complexity index is 806. The number of nitrogens with zero attached hydrogens (tertiary/aromatic N) is 3. The minimum Gasteiger partial charge on any atom is -0.311 e. The molecule has 0 radical (unpaired) electrons. The summed E-state index contributed by atoms with van der Waals surface area (Å²) in [6, 6.07) is 8.12. The normalized spacial score (nSPS) is 24.1. The summed E-state index contributed by atoms with van der Waals surface area (Å²) in [5.74, 6) is 0.121. The fourth-order valence-corrected chi connectivity index (χ4v) is 6.14. The minimum atomic E-state index is -3.17. The molecule has 1 amide bonds. The van der Waals surface area contributed by atoms with Gasteiger partial charge in [-0.2, -0.15) is 0 Å². The summed E-state index contributed by atoms with van der Waals surface area (Å²) in [6.45, 7) is 2.63. The molecule has 1 unspecified atom stereocenters. The van der Waals surface area contributed by atoms with E-state index in [1.54, 1.807) is 11.4 Å². The number of carbonyl (C=O) groups is 1. The standard InChI is InChI=1S/C20H29N3O3S/c1-21(27(25,26)18-10-11-18)17-8-5-12-22(14-17)15-20(24)23-13-4-7-16-6-2-3-9-19(16)23/h2-3,6,9,17-18H,4-5,7-8,10-15H2,1H3. The summed E-state index contributed by atoms with van der Waals surface area (Å²) >= 11 is 0. The van der Waals surface area contributed by atoms with Gasteiger partial charge >= 0.3 is 0 Å². The Morgan fingerprint density at radius 1 is 1.15 bits per heavy atom. The first-order chi connectivity index (χ1) is 13.0. The lowest BCUT2D eigenvalue weighted by Gasteiger charge is -2.38. The van der Waals surface area contributed by atoms with Gasteiger partial charge in [0.25, 0.3) is 0 Å². The van der Waals surface area contributed by atoms with Gasteiger partial charge in [0.2, 0.25) is 15.9 Å². The number of piperidine rings is 1. The van der Waals surface area contributed by atoms with Crippen LogP contribution in [0.25, 0.3) is 0 Å². The summed E-state index contributed by atoms with van der Waals surface area (Å²) in [5.41, 5.74) is 2.28. The maximum absolute atomic E-state index is 13.0. The van der Waals surface area contributed by atoms with E-state index in [1.165, 1.54) is 5.56 Å². The lowest BCUT2D eigenvalue weighted by Crippen LogP contribution is -2.52. The average molecular weight is 392 g/mol. The van der Waals surface area contributed by atoms with Gasteiger partial charge in [-0.1, -0.05) is 18.2 Å². The van der Waals surface area contributed by atoms with E-state index in [0.29, 0.717) is 13.1 Å². The fourth-order valence-electron chi connectivity index (χ4n) is 4.35. The molecule has 1 aliphatic carbocycles. The maximum Gasteiger partial charge on any atom is 0.241 e. The van der Waals surface area contributed by atoms with Gasteiger partial charge in [-0.25, -0.2) is 12.7 Å². The van der Waals surface area contributed by atoms with E-state index < -0.39 is 10.0 Å². The van der Waals surface area contributed by atoms with Gasteiger partial charge in [0.15, 0.2) is 0 Å². The number of rotatable bonds is 5. The lowest BCUT2D eigenvalue weighted by molar-refractivity contribution is -0.120. The number of sulfonamides is 1. The van der Waals surface area contributed by atoms with Gasteiger partial charge in [0.05, 0.1) is 11.8 Å². The third kappa shape index (κ3) is 3.91. The third-order valence-electron chi connectivity index (χ3n) is 6.11. The smallest absolute Gasteiger partial charge is 0.241 e. The van der Waals surface area contributed by atoms with Gasteiger partial charge in [-0.05, 0) is 56.7 Å². The molecule has 1 aromatic rings. The van der Waals surface area contributed by atoms with E-state index in [9.17, 15) is 13.2 Å². The number of fused-ring (bicyclic) bond motifs is 1. The first-order valence-corrected chi connectivity index (χ1v) is 11.5. The Kier molecular flexibility index (Phi) is 5.27. The van der Waals surface area contributed by atoms with E-state index >= 15 is 0 Å². The maximum atomic E-state index is 13.0. The lowest BCUT2D eigenvalue weighted by atomic mass is 10.0. The largest absolute Gasteiger partial charge is 0.311 e. The molecule has 4 rings (SSSR count). The van der Waals surface area contributed by atoms with Crippen molar-refractivity contribution >= 4 is 21.6 Å². The molecule has 6 nitrogen and oxygen atoms in total. The highest BCUT2D eigenvalue weighted by molar-refractivity contribution is 7.90. The quantitative estimate of drug-likeness (QED) is 0.769. The molecule has 27 heavy (non-hydrogen) atoms. The Balaban J connectivity index is 1.40. The summed E-state index contributed by atoms with van der Waals surface area (Å²) in [4.78, 5) is 17.0. The topological polar surface area (TPSA) is 60.9 Å². The van der Waals surface area contributed by atoms with Crippen LogP contribution >= 0.6 is 0 Å². The van der Waals surface area contributed by atoms with Crippen LogP contribution in [-0.4, -0.2) is 68.0 Å². The Labute approximate surface area is 162 Å². The molecule has 3 aliphatic rings. The summed E-state index contributed by atoms with van der Waals surface area (Å²) in [6.07, 6.45) is 5.40. The molecule has 2 aliphatic heterocycles. The number of aryl methyl sites for hydroxylation is 1. The molecular formula is C20H29N3O3S. The van der Waals surface area contributed by atoms with Gasteiger partial charge in [0, 0.05) is 31.9 Å². The van der Waals surface area contributed by atoms with Crippen LogP contribution in [-0.2, 0) is 21.2 Å². The molecule has 1 atom stereocenters. The molecule has 148 valence electrons. The Morgan fingerprint density at radius 3 is 2.70 bits per heavy atom. The van der Waals surface area contributed by atoms with Crippen molar-refractivity contribution in [3.63, 3.8) is 0 Å². The van der Waals surface area contributed by atoms with Crippen molar-refractivity contribution in [2.45, 2.75) is 49.8 Å². The van der Waals surface area contributed by atoms with Crippen LogP contribution in [0, 0.1) is 0 Å².